The smallest absolute Gasteiger partial charge is 0.299 e. The molecule has 25 heavy (non-hydrogen) atoms. The molecule has 0 bridgehead atoms. The van der Waals surface area contributed by atoms with Crippen LogP contribution in [0.1, 0.15) is 48.3 Å². The van der Waals surface area contributed by atoms with E-state index in [0.29, 0.717) is 49.2 Å². The highest BCUT2D eigenvalue weighted by Crippen LogP contribution is 2.35. The normalized spacial score (nSPS) is 14.6. The van der Waals surface area contributed by atoms with E-state index in [1.165, 1.54) is 4.68 Å². The van der Waals surface area contributed by atoms with Gasteiger partial charge in [0.15, 0.2) is 5.69 Å². The number of aryl methyl sites for hydroxylation is 2. The molecule has 0 atom stereocenters. The number of hydrogen-bond acceptors (Lipinski definition) is 3. The van der Waals surface area contributed by atoms with Gasteiger partial charge in [0, 0.05) is 37.5 Å². The Morgan fingerprint density at radius 2 is 2.00 bits per heavy atom. The van der Waals surface area contributed by atoms with Crippen molar-refractivity contribution in [3.63, 3.8) is 0 Å². The zero-order valence-corrected chi connectivity index (χ0v) is 14.1. The second kappa shape index (κ2) is 7.01. The van der Waals surface area contributed by atoms with E-state index < -0.39 is 11.9 Å². The highest BCUT2D eigenvalue weighted by molar-refractivity contribution is 5.80. The van der Waals surface area contributed by atoms with Crippen LogP contribution < -0.4 is 0 Å². The summed E-state index contributed by atoms with van der Waals surface area (Å²) in [5.41, 5.74) is 1.000. The van der Waals surface area contributed by atoms with E-state index in [9.17, 15) is 18.0 Å². The fourth-order valence-corrected chi connectivity index (χ4v) is 3.36. The maximum atomic E-state index is 13.1. The number of alkyl halides is 3. The van der Waals surface area contributed by atoms with Gasteiger partial charge in [0.25, 0.3) is 0 Å². The summed E-state index contributed by atoms with van der Waals surface area (Å²) in [6.45, 7) is 0.340. The molecule has 0 aromatic carbocycles. The first-order valence-electron chi connectivity index (χ1n) is 8.50. The highest BCUT2D eigenvalue weighted by atomic mass is 19.4. The lowest BCUT2D eigenvalue weighted by Gasteiger charge is -2.14. The van der Waals surface area contributed by atoms with Crippen molar-refractivity contribution in [2.75, 3.05) is 0 Å². The van der Waals surface area contributed by atoms with E-state index in [4.69, 9.17) is 0 Å². The summed E-state index contributed by atoms with van der Waals surface area (Å²) in [6.07, 6.45) is 1.12. The van der Waals surface area contributed by atoms with Crippen molar-refractivity contribution in [1.82, 2.24) is 19.6 Å². The summed E-state index contributed by atoms with van der Waals surface area (Å²) >= 11 is 0. The van der Waals surface area contributed by atoms with Gasteiger partial charge in [-0.15, -0.1) is 0 Å². The Bertz CT molecular complexity index is 761. The van der Waals surface area contributed by atoms with Crippen molar-refractivity contribution in [3.05, 3.63) is 34.9 Å². The number of rotatable bonds is 6. The van der Waals surface area contributed by atoms with E-state index in [2.05, 4.69) is 10.2 Å². The average molecular weight is 354 g/mol. The molecule has 8 heteroatoms. The zero-order chi connectivity index (χ0) is 18.0. The van der Waals surface area contributed by atoms with Gasteiger partial charge >= 0.3 is 6.18 Å². The van der Waals surface area contributed by atoms with Crippen LogP contribution in [0.2, 0.25) is 0 Å². The van der Waals surface area contributed by atoms with Crippen molar-refractivity contribution in [2.45, 2.75) is 57.7 Å². The van der Waals surface area contributed by atoms with Gasteiger partial charge in [-0.05, 0) is 38.2 Å². The van der Waals surface area contributed by atoms with Crippen LogP contribution in [0.5, 0.6) is 0 Å². The van der Waals surface area contributed by atoms with E-state index in [-0.39, 0.29) is 12.2 Å². The molecule has 0 N–H and O–H groups in total. The molecule has 0 radical (unpaired) electrons. The first-order valence-corrected chi connectivity index (χ1v) is 8.50. The topological polar surface area (TPSA) is 52.7 Å². The molecule has 0 spiro atoms. The fourth-order valence-electron chi connectivity index (χ4n) is 3.36. The van der Waals surface area contributed by atoms with Crippen molar-refractivity contribution < 1.29 is 18.0 Å². The molecule has 2 aromatic heterocycles. The number of hydrogen-bond donors (Lipinski definition) is 0. The summed E-state index contributed by atoms with van der Waals surface area (Å²) in [5.74, 6) is 0.0377. The predicted octanol–water partition coefficient (Wildman–Crippen LogP) is 3.11. The summed E-state index contributed by atoms with van der Waals surface area (Å²) in [5, 5.41) is 7.97. The van der Waals surface area contributed by atoms with Crippen LogP contribution in [-0.2, 0) is 43.8 Å². The molecule has 1 aliphatic carbocycles. The van der Waals surface area contributed by atoms with E-state index in [1.54, 1.807) is 24.0 Å². The number of Topliss-reactive ketones (excluding diaryl/α,β-unsaturated/α-hetero) is 1. The van der Waals surface area contributed by atoms with Gasteiger partial charge in [-0.3, -0.25) is 14.2 Å². The van der Waals surface area contributed by atoms with Crippen LogP contribution in [0.3, 0.4) is 0 Å². The largest absolute Gasteiger partial charge is 0.435 e. The predicted molar refractivity (Wildman–Crippen MR) is 85.0 cm³/mol. The molecular weight excluding hydrogens is 333 g/mol. The van der Waals surface area contributed by atoms with Gasteiger partial charge < -0.3 is 0 Å². The van der Waals surface area contributed by atoms with Gasteiger partial charge in [0.2, 0.25) is 0 Å². The summed E-state index contributed by atoms with van der Waals surface area (Å²) in [7, 11) is 1.78. The molecule has 2 heterocycles. The first kappa shape index (κ1) is 17.7. The lowest BCUT2D eigenvalue weighted by Crippen LogP contribution is -2.11. The third-order valence-electron chi connectivity index (χ3n) is 4.50. The molecular formula is C17H21F3N4O. The Kier molecular flexibility index (Phi) is 4.96. The fraction of sp³-hybridized carbons (Fsp3) is 0.588. The molecule has 0 amide bonds. The molecule has 1 aliphatic rings. The Balaban J connectivity index is 1.61. The van der Waals surface area contributed by atoms with Crippen molar-refractivity contribution in [3.8, 4) is 0 Å². The molecule has 2 aromatic rings. The number of halogens is 3. The second-order valence-electron chi connectivity index (χ2n) is 6.50. The lowest BCUT2D eigenvalue weighted by molar-refractivity contribution is -0.142. The number of carbonyl (C=O) groups is 1. The van der Waals surface area contributed by atoms with Crippen LogP contribution in [-0.4, -0.2) is 25.3 Å². The number of aromatic nitrogens is 4. The number of carbonyl (C=O) groups excluding carboxylic acids is 1. The number of ketones is 1. The summed E-state index contributed by atoms with van der Waals surface area (Å²) in [4.78, 5) is 12.0. The Morgan fingerprint density at radius 1 is 1.24 bits per heavy atom. The lowest BCUT2D eigenvalue weighted by atomic mass is 9.95. The monoisotopic (exact) mass is 354 g/mol. The van der Waals surface area contributed by atoms with Crippen molar-refractivity contribution in [2.24, 2.45) is 7.05 Å². The Labute approximate surface area is 143 Å². The van der Waals surface area contributed by atoms with Gasteiger partial charge in [0.1, 0.15) is 5.78 Å². The molecule has 0 unspecified atom stereocenters. The summed E-state index contributed by atoms with van der Waals surface area (Å²) < 4.78 is 42.5. The van der Waals surface area contributed by atoms with Crippen molar-refractivity contribution in [1.29, 1.82) is 0 Å². The SMILES string of the molecule is Cn1ccc(CC(=O)CCCn2nc(C(F)(F)F)c3c2CCCC3)n1. The third kappa shape index (κ3) is 4.11. The molecule has 0 fully saturated rings. The minimum atomic E-state index is -4.42. The quantitative estimate of drug-likeness (QED) is 0.801. The molecule has 0 saturated heterocycles. The summed E-state index contributed by atoms with van der Waals surface area (Å²) in [6, 6.07) is 1.79. The van der Waals surface area contributed by atoms with Gasteiger partial charge in [-0.25, -0.2) is 0 Å². The van der Waals surface area contributed by atoms with Crippen LogP contribution in [0.15, 0.2) is 12.3 Å². The Hall–Kier alpha value is -2.12. The minimum absolute atomic E-state index is 0.0377. The zero-order valence-electron chi connectivity index (χ0n) is 14.1. The Morgan fingerprint density at radius 3 is 2.68 bits per heavy atom. The molecule has 136 valence electrons. The number of fused-ring (bicyclic) bond motifs is 1. The highest BCUT2D eigenvalue weighted by Gasteiger charge is 2.39. The van der Waals surface area contributed by atoms with E-state index in [1.807, 2.05) is 0 Å². The second-order valence-corrected chi connectivity index (χ2v) is 6.50. The van der Waals surface area contributed by atoms with Crippen LogP contribution in [0.25, 0.3) is 0 Å². The van der Waals surface area contributed by atoms with Crippen LogP contribution >= 0.6 is 0 Å². The van der Waals surface area contributed by atoms with Crippen LogP contribution in [0, 0.1) is 0 Å². The minimum Gasteiger partial charge on any atom is -0.299 e. The first-order chi connectivity index (χ1) is 11.8. The van der Waals surface area contributed by atoms with Crippen LogP contribution in [0.4, 0.5) is 13.2 Å². The van der Waals surface area contributed by atoms with Gasteiger partial charge in [0.05, 0.1) is 12.1 Å². The molecule has 0 saturated carbocycles. The maximum Gasteiger partial charge on any atom is 0.435 e. The standard InChI is InChI=1S/C17H21F3N4O/c1-23-10-8-12(21-23)11-13(25)5-4-9-24-15-7-3-2-6-14(15)16(22-24)17(18,19)20/h8,10H,2-7,9,11H2,1H3. The van der Waals surface area contributed by atoms with Crippen molar-refractivity contribution >= 4 is 5.78 Å². The molecule has 0 aliphatic heterocycles. The third-order valence-corrected chi connectivity index (χ3v) is 4.50. The average Bonchev–Trinajstić information content (AvgIpc) is 3.11. The van der Waals surface area contributed by atoms with Gasteiger partial charge in [-0.1, -0.05) is 0 Å². The number of nitrogens with zero attached hydrogens (tertiary/aromatic N) is 4. The van der Waals surface area contributed by atoms with E-state index >= 15 is 0 Å². The molecule has 3 rings (SSSR count). The molecule has 5 nitrogen and oxygen atoms in total. The van der Waals surface area contributed by atoms with E-state index in [0.717, 1.165) is 12.8 Å². The van der Waals surface area contributed by atoms with Gasteiger partial charge in [-0.2, -0.15) is 23.4 Å². The maximum absolute atomic E-state index is 13.1.